The Kier molecular flexibility index (Phi) is 6.03. The van der Waals surface area contributed by atoms with Gasteiger partial charge < -0.3 is 10.1 Å². The highest BCUT2D eigenvalue weighted by molar-refractivity contribution is 5.90. The molecule has 0 spiro atoms. The summed E-state index contributed by atoms with van der Waals surface area (Å²) in [5.41, 5.74) is 2.01. The largest absolute Gasteiger partial charge is 0.460 e. The van der Waals surface area contributed by atoms with E-state index in [9.17, 15) is 9.18 Å². The van der Waals surface area contributed by atoms with Crippen LogP contribution in [0.5, 0.6) is 6.01 Å². The van der Waals surface area contributed by atoms with E-state index in [2.05, 4.69) is 15.4 Å². The number of carbonyl (C=O) groups excluding carboxylic acids is 1. The Balaban J connectivity index is 1.95. The number of ether oxygens (including phenoxy) is 1. The molecule has 2 aromatic carbocycles. The molecule has 3 aromatic rings. The Morgan fingerprint density at radius 3 is 2.61 bits per heavy atom. The van der Waals surface area contributed by atoms with E-state index in [1.807, 2.05) is 32.9 Å². The SMILES string of the molecule is CCCC(=O)Nc1ccc(-n2nc(OC(C)C)nc2-c2cccc(F)c2)cc1. The van der Waals surface area contributed by atoms with Gasteiger partial charge in [0.2, 0.25) is 5.91 Å². The molecule has 0 saturated carbocycles. The maximum absolute atomic E-state index is 13.7. The molecule has 0 aliphatic rings. The van der Waals surface area contributed by atoms with Gasteiger partial charge in [0.05, 0.1) is 11.8 Å². The monoisotopic (exact) mass is 382 g/mol. The lowest BCUT2D eigenvalue weighted by Crippen LogP contribution is -2.10. The summed E-state index contributed by atoms with van der Waals surface area (Å²) >= 11 is 0. The number of halogens is 1. The fourth-order valence-electron chi connectivity index (χ4n) is 2.68. The van der Waals surface area contributed by atoms with Crippen LogP contribution in [0.2, 0.25) is 0 Å². The molecule has 0 radical (unpaired) electrons. The number of rotatable bonds is 7. The van der Waals surface area contributed by atoms with Crippen molar-refractivity contribution in [3.05, 3.63) is 54.3 Å². The molecule has 3 rings (SSSR count). The van der Waals surface area contributed by atoms with Crippen molar-refractivity contribution in [2.45, 2.75) is 39.7 Å². The third kappa shape index (κ3) is 4.73. The molecule has 1 heterocycles. The molecular weight excluding hydrogens is 359 g/mol. The van der Waals surface area contributed by atoms with Crippen LogP contribution in [0, 0.1) is 5.82 Å². The van der Waals surface area contributed by atoms with Gasteiger partial charge in [0.25, 0.3) is 0 Å². The van der Waals surface area contributed by atoms with Crippen LogP contribution < -0.4 is 10.1 Å². The van der Waals surface area contributed by atoms with Crippen LogP contribution in [0.25, 0.3) is 17.1 Å². The van der Waals surface area contributed by atoms with Gasteiger partial charge in [-0.25, -0.2) is 9.07 Å². The summed E-state index contributed by atoms with van der Waals surface area (Å²) in [6.45, 7) is 5.73. The van der Waals surface area contributed by atoms with E-state index < -0.39 is 0 Å². The zero-order chi connectivity index (χ0) is 20.1. The lowest BCUT2D eigenvalue weighted by atomic mass is 10.2. The molecule has 6 nitrogen and oxygen atoms in total. The molecular formula is C21H23FN4O2. The van der Waals surface area contributed by atoms with Crippen molar-refractivity contribution in [1.29, 1.82) is 0 Å². The summed E-state index contributed by atoms with van der Waals surface area (Å²) in [5, 5.41) is 7.27. The van der Waals surface area contributed by atoms with Gasteiger partial charge >= 0.3 is 6.01 Å². The fraction of sp³-hybridized carbons (Fsp3) is 0.286. The summed E-state index contributed by atoms with van der Waals surface area (Å²) in [7, 11) is 0. The molecule has 7 heteroatoms. The maximum Gasteiger partial charge on any atom is 0.336 e. The molecule has 0 aliphatic heterocycles. The number of benzene rings is 2. The third-order valence-corrected chi connectivity index (χ3v) is 3.88. The number of amides is 1. The van der Waals surface area contributed by atoms with Crippen molar-refractivity contribution in [3.8, 4) is 23.1 Å². The Bertz CT molecular complexity index is 951. The fourth-order valence-corrected chi connectivity index (χ4v) is 2.68. The molecule has 0 unspecified atom stereocenters. The second-order valence-corrected chi connectivity index (χ2v) is 6.65. The lowest BCUT2D eigenvalue weighted by molar-refractivity contribution is -0.116. The Morgan fingerprint density at radius 1 is 1.21 bits per heavy atom. The van der Waals surface area contributed by atoms with E-state index in [1.54, 1.807) is 28.9 Å². The Hall–Kier alpha value is -3.22. The smallest absolute Gasteiger partial charge is 0.336 e. The van der Waals surface area contributed by atoms with Crippen LogP contribution in [0.4, 0.5) is 10.1 Å². The second-order valence-electron chi connectivity index (χ2n) is 6.65. The predicted molar refractivity (Wildman–Crippen MR) is 106 cm³/mol. The Labute approximate surface area is 163 Å². The number of hydrogen-bond donors (Lipinski definition) is 1. The van der Waals surface area contributed by atoms with Crippen LogP contribution in [-0.2, 0) is 4.79 Å². The first-order chi connectivity index (χ1) is 13.5. The average Bonchev–Trinajstić information content (AvgIpc) is 3.05. The number of nitrogens with one attached hydrogen (secondary N) is 1. The van der Waals surface area contributed by atoms with Gasteiger partial charge in [-0.15, -0.1) is 5.10 Å². The summed E-state index contributed by atoms with van der Waals surface area (Å²) in [6.07, 6.45) is 1.18. The van der Waals surface area contributed by atoms with Gasteiger partial charge in [0.15, 0.2) is 5.82 Å². The molecule has 1 amide bonds. The highest BCUT2D eigenvalue weighted by atomic mass is 19.1. The van der Waals surface area contributed by atoms with E-state index in [0.29, 0.717) is 23.5 Å². The minimum Gasteiger partial charge on any atom is -0.460 e. The molecule has 0 aliphatic carbocycles. The van der Waals surface area contributed by atoms with Crippen molar-refractivity contribution in [2.24, 2.45) is 0 Å². The van der Waals surface area contributed by atoms with Crippen LogP contribution in [0.1, 0.15) is 33.6 Å². The standard InChI is InChI=1S/C21H23FN4O2/c1-4-6-19(27)23-17-9-11-18(12-10-17)26-20(15-7-5-8-16(22)13-15)24-21(25-26)28-14(2)3/h5,7-14H,4,6H2,1-3H3,(H,23,27). The molecule has 1 N–H and O–H groups in total. The summed E-state index contributed by atoms with van der Waals surface area (Å²) in [6, 6.07) is 13.6. The van der Waals surface area contributed by atoms with Gasteiger partial charge in [0.1, 0.15) is 5.82 Å². The molecule has 0 fully saturated rings. The number of nitrogens with zero attached hydrogens (tertiary/aromatic N) is 3. The van der Waals surface area contributed by atoms with E-state index in [4.69, 9.17) is 4.74 Å². The highest BCUT2D eigenvalue weighted by Crippen LogP contribution is 2.25. The van der Waals surface area contributed by atoms with Crippen LogP contribution in [0.15, 0.2) is 48.5 Å². The van der Waals surface area contributed by atoms with Crippen LogP contribution in [-0.4, -0.2) is 26.8 Å². The van der Waals surface area contributed by atoms with E-state index in [0.717, 1.165) is 12.1 Å². The molecule has 1 aromatic heterocycles. The van der Waals surface area contributed by atoms with Crippen LogP contribution >= 0.6 is 0 Å². The third-order valence-electron chi connectivity index (χ3n) is 3.88. The first-order valence-corrected chi connectivity index (χ1v) is 9.26. The van der Waals surface area contributed by atoms with Crippen molar-refractivity contribution < 1.29 is 13.9 Å². The molecule has 146 valence electrons. The Morgan fingerprint density at radius 2 is 1.96 bits per heavy atom. The molecule has 28 heavy (non-hydrogen) atoms. The molecule has 0 saturated heterocycles. The van der Waals surface area contributed by atoms with Gasteiger partial charge in [-0.05, 0) is 56.7 Å². The van der Waals surface area contributed by atoms with Crippen molar-refractivity contribution in [3.63, 3.8) is 0 Å². The van der Waals surface area contributed by atoms with E-state index in [-0.39, 0.29) is 23.8 Å². The van der Waals surface area contributed by atoms with Crippen molar-refractivity contribution >= 4 is 11.6 Å². The second kappa shape index (κ2) is 8.65. The molecule has 0 atom stereocenters. The normalized spacial score (nSPS) is 10.9. The minimum absolute atomic E-state index is 0.0240. The number of aromatic nitrogens is 3. The predicted octanol–water partition coefficient (Wildman–Crippen LogP) is 4.60. The maximum atomic E-state index is 13.7. The van der Waals surface area contributed by atoms with E-state index >= 15 is 0 Å². The highest BCUT2D eigenvalue weighted by Gasteiger charge is 2.16. The van der Waals surface area contributed by atoms with Crippen molar-refractivity contribution in [2.75, 3.05) is 5.32 Å². The zero-order valence-corrected chi connectivity index (χ0v) is 16.1. The topological polar surface area (TPSA) is 69.0 Å². The minimum atomic E-state index is -0.354. The van der Waals surface area contributed by atoms with Gasteiger partial charge in [-0.3, -0.25) is 4.79 Å². The summed E-state index contributed by atoms with van der Waals surface area (Å²) in [4.78, 5) is 16.2. The number of hydrogen-bond acceptors (Lipinski definition) is 4. The zero-order valence-electron chi connectivity index (χ0n) is 16.1. The molecule has 0 bridgehead atoms. The van der Waals surface area contributed by atoms with Gasteiger partial charge in [-0.2, -0.15) is 4.98 Å². The quantitative estimate of drug-likeness (QED) is 0.648. The number of anilines is 1. The average molecular weight is 382 g/mol. The summed E-state index contributed by atoms with van der Waals surface area (Å²) < 4.78 is 20.9. The first-order valence-electron chi connectivity index (χ1n) is 9.26. The first kappa shape index (κ1) is 19.5. The van der Waals surface area contributed by atoms with Crippen LogP contribution in [0.3, 0.4) is 0 Å². The lowest BCUT2D eigenvalue weighted by Gasteiger charge is -2.08. The van der Waals surface area contributed by atoms with Crippen molar-refractivity contribution in [1.82, 2.24) is 14.8 Å². The van der Waals surface area contributed by atoms with Gasteiger partial charge in [-0.1, -0.05) is 19.1 Å². The van der Waals surface area contributed by atoms with Gasteiger partial charge in [0, 0.05) is 17.7 Å². The summed E-state index contributed by atoms with van der Waals surface area (Å²) in [5.74, 6) is 0.0920. The number of carbonyl (C=O) groups is 1. The van der Waals surface area contributed by atoms with E-state index in [1.165, 1.54) is 12.1 Å².